The van der Waals surface area contributed by atoms with E-state index in [0.717, 1.165) is 4.47 Å². The van der Waals surface area contributed by atoms with Gasteiger partial charge in [-0.15, -0.1) is 6.58 Å². The Bertz CT molecular complexity index is 658. The minimum atomic E-state index is -4.87. The Balaban J connectivity index is 2.69. The van der Waals surface area contributed by atoms with Crippen LogP contribution in [-0.2, 0) is 6.54 Å². The second-order valence-electron chi connectivity index (χ2n) is 3.97. The first-order chi connectivity index (χ1) is 8.84. The molecule has 2 rings (SSSR count). The summed E-state index contributed by atoms with van der Waals surface area (Å²) in [6.07, 6.45) is -2.10. The molecule has 1 aromatic heterocycles. The van der Waals surface area contributed by atoms with Crippen LogP contribution in [0.5, 0.6) is 0 Å². The van der Waals surface area contributed by atoms with E-state index < -0.39 is 12.0 Å². The van der Waals surface area contributed by atoms with E-state index in [9.17, 15) is 18.0 Å². The molecule has 0 unspecified atom stereocenters. The molecule has 0 saturated carbocycles. The molecule has 2 nitrogen and oxygen atoms in total. The highest BCUT2D eigenvalue weighted by Crippen LogP contribution is 2.30. The van der Waals surface area contributed by atoms with E-state index in [0.29, 0.717) is 12.1 Å². The summed E-state index contributed by atoms with van der Waals surface area (Å²) in [7, 11) is 0. The molecule has 0 radical (unpaired) electrons. The van der Waals surface area contributed by atoms with Crippen LogP contribution in [0.4, 0.5) is 13.2 Å². The number of halogens is 4. The topological polar surface area (TPSA) is 22.0 Å². The number of hydrogen-bond donors (Lipinski definition) is 0. The number of alkyl halides is 3. The Labute approximate surface area is 115 Å². The van der Waals surface area contributed by atoms with Crippen LogP contribution >= 0.6 is 15.9 Å². The van der Waals surface area contributed by atoms with Crippen molar-refractivity contribution in [2.24, 2.45) is 0 Å². The third-order valence-corrected chi connectivity index (χ3v) is 3.17. The van der Waals surface area contributed by atoms with Crippen LogP contribution < -0.4 is 0 Å². The number of rotatable bonds is 3. The lowest BCUT2D eigenvalue weighted by molar-refractivity contribution is -0.0884. The van der Waals surface area contributed by atoms with E-state index in [2.05, 4.69) is 22.5 Å². The maximum Gasteiger partial charge on any atom is 0.454 e. The largest absolute Gasteiger partial charge is 0.454 e. The van der Waals surface area contributed by atoms with Crippen molar-refractivity contribution in [2.45, 2.75) is 12.7 Å². The van der Waals surface area contributed by atoms with E-state index in [1.54, 1.807) is 22.8 Å². The molecule has 0 atom stereocenters. The van der Waals surface area contributed by atoms with E-state index >= 15 is 0 Å². The minimum Gasteiger partial charge on any atom is -0.343 e. The van der Waals surface area contributed by atoms with Gasteiger partial charge in [0.15, 0.2) is 0 Å². The highest BCUT2D eigenvalue weighted by atomic mass is 79.9. The summed E-state index contributed by atoms with van der Waals surface area (Å²) in [5, 5.41) is 0.285. The fourth-order valence-corrected chi connectivity index (χ4v) is 2.24. The van der Waals surface area contributed by atoms with Gasteiger partial charge in [-0.1, -0.05) is 28.1 Å². The molecule has 0 aliphatic carbocycles. The average Bonchev–Trinajstić information content (AvgIpc) is 2.66. The molecule has 19 heavy (non-hydrogen) atoms. The van der Waals surface area contributed by atoms with Gasteiger partial charge in [0.25, 0.3) is 5.78 Å². The number of ketones is 1. The van der Waals surface area contributed by atoms with Gasteiger partial charge >= 0.3 is 6.18 Å². The van der Waals surface area contributed by atoms with Gasteiger partial charge < -0.3 is 4.57 Å². The van der Waals surface area contributed by atoms with E-state index in [-0.39, 0.29) is 10.9 Å². The number of nitrogens with zero attached hydrogens (tertiary/aromatic N) is 1. The summed E-state index contributed by atoms with van der Waals surface area (Å²) in [5.41, 5.74) is 0.221. The van der Waals surface area contributed by atoms with Crippen molar-refractivity contribution in [2.75, 3.05) is 0 Å². The number of Topliss-reactive ketones (excluding diaryl/α,β-unsaturated/α-hetero) is 1. The Morgan fingerprint density at radius 1 is 1.42 bits per heavy atom. The first-order valence-corrected chi connectivity index (χ1v) is 6.14. The summed E-state index contributed by atoms with van der Waals surface area (Å²) in [6.45, 7) is 3.88. The van der Waals surface area contributed by atoms with Crippen LogP contribution in [0, 0.1) is 0 Å². The number of aromatic nitrogens is 1. The summed E-state index contributed by atoms with van der Waals surface area (Å²) >= 11 is 3.26. The third kappa shape index (κ3) is 2.58. The highest BCUT2D eigenvalue weighted by molar-refractivity contribution is 9.10. The van der Waals surface area contributed by atoms with Gasteiger partial charge in [-0.3, -0.25) is 4.79 Å². The monoisotopic (exact) mass is 331 g/mol. The van der Waals surface area contributed by atoms with Gasteiger partial charge in [0.1, 0.15) is 0 Å². The third-order valence-electron chi connectivity index (χ3n) is 2.67. The van der Waals surface area contributed by atoms with Crippen molar-refractivity contribution < 1.29 is 18.0 Å². The van der Waals surface area contributed by atoms with Crippen LogP contribution in [0.25, 0.3) is 10.9 Å². The van der Waals surface area contributed by atoms with Crippen LogP contribution in [0.1, 0.15) is 10.4 Å². The van der Waals surface area contributed by atoms with Gasteiger partial charge in [-0.25, -0.2) is 0 Å². The predicted molar refractivity (Wildman–Crippen MR) is 70.2 cm³/mol. The molecule has 0 spiro atoms. The first-order valence-electron chi connectivity index (χ1n) is 5.35. The Morgan fingerprint density at radius 3 is 2.68 bits per heavy atom. The number of fused-ring (bicyclic) bond motifs is 1. The minimum absolute atomic E-state index is 0.285. The molecule has 0 saturated heterocycles. The van der Waals surface area contributed by atoms with Gasteiger partial charge in [-0.2, -0.15) is 13.2 Å². The van der Waals surface area contributed by atoms with Gasteiger partial charge in [0.05, 0.1) is 11.1 Å². The molecule has 6 heteroatoms. The zero-order chi connectivity index (χ0) is 14.2. The van der Waals surface area contributed by atoms with Crippen molar-refractivity contribution in [1.29, 1.82) is 0 Å². The molecule has 1 aromatic carbocycles. The molecule has 0 fully saturated rings. The number of carbonyl (C=O) groups excluding carboxylic acids is 1. The van der Waals surface area contributed by atoms with Gasteiger partial charge in [0.2, 0.25) is 0 Å². The molecule has 0 aliphatic rings. The summed E-state index contributed by atoms with van der Waals surface area (Å²) in [4.78, 5) is 11.4. The summed E-state index contributed by atoms with van der Waals surface area (Å²) in [5.74, 6) is -1.83. The SMILES string of the molecule is C=CCn1cc(C(=O)C(F)(F)F)c2ccc(Br)cc21. The van der Waals surface area contributed by atoms with E-state index in [1.165, 1.54) is 12.3 Å². The molecular formula is C13H9BrF3NO. The van der Waals surface area contributed by atoms with E-state index in [4.69, 9.17) is 0 Å². The lowest BCUT2D eigenvalue weighted by atomic mass is 10.1. The Morgan fingerprint density at radius 2 is 2.11 bits per heavy atom. The Kier molecular flexibility index (Phi) is 3.54. The molecule has 1 heterocycles. The molecule has 0 aliphatic heterocycles. The lowest BCUT2D eigenvalue weighted by Crippen LogP contribution is -2.22. The van der Waals surface area contributed by atoms with Crippen molar-refractivity contribution in [1.82, 2.24) is 4.57 Å². The maximum absolute atomic E-state index is 12.5. The van der Waals surface area contributed by atoms with Crippen molar-refractivity contribution in [3.8, 4) is 0 Å². The summed E-state index contributed by atoms with van der Waals surface area (Å²) in [6, 6.07) is 4.78. The summed E-state index contributed by atoms with van der Waals surface area (Å²) < 4.78 is 39.9. The number of hydrogen-bond acceptors (Lipinski definition) is 1. The predicted octanol–water partition coefficient (Wildman–Crippen LogP) is 4.33. The molecule has 0 bridgehead atoms. The van der Waals surface area contributed by atoms with Crippen molar-refractivity contribution in [3.05, 3.63) is 47.1 Å². The van der Waals surface area contributed by atoms with Crippen molar-refractivity contribution >= 4 is 32.6 Å². The fourth-order valence-electron chi connectivity index (χ4n) is 1.89. The zero-order valence-electron chi connectivity index (χ0n) is 9.67. The first kappa shape index (κ1) is 13.9. The highest BCUT2D eigenvalue weighted by Gasteiger charge is 2.40. The smallest absolute Gasteiger partial charge is 0.343 e. The normalized spacial score (nSPS) is 11.8. The number of benzene rings is 1. The zero-order valence-corrected chi connectivity index (χ0v) is 11.3. The Hall–Kier alpha value is -1.56. The average molecular weight is 332 g/mol. The second kappa shape index (κ2) is 4.85. The molecule has 0 N–H and O–H groups in total. The van der Waals surface area contributed by atoms with Crippen LogP contribution in [0.3, 0.4) is 0 Å². The van der Waals surface area contributed by atoms with Crippen LogP contribution in [0.15, 0.2) is 41.5 Å². The lowest BCUT2D eigenvalue weighted by Gasteiger charge is -2.03. The fraction of sp³-hybridized carbons (Fsp3) is 0.154. The number of carbonyl (C=O) groups is 1. The molecule has 100 valence electrons. The standard InChI is InChI=1S/C13H9BrF3NO/c1-2-5-18-7-10(12(19)13(15,16)17)9-4-3-8(14)6-11(9)18/h2-4,6-7H,1,5H2. The van der Waals surface area contributed by atoms with Crippen molar-refractivity contribution in [3.63, 3.8) is 0 Å². The molecule has 0 amide bonds. The molecular weight excluding hydrogens is 323 g/mol. The molecule has 2 aromatic rings. The van der Waals surface area contributed by atoms with Crippen LogP contribution in [0.2, 0.25) is 0 Å². The van der Waals surface area contributed by atoms with Gasteiger partial charge in [-0.05, 0) is 12.1 Å². The quantitative estimate of drug-likeness (QED) is 0.606. The van der Waals surface area contributed by atoms with Gasteiger partial charge in [0, 0.05) is 22.6 Å². The second-order valence-corrected chi connectivity index (χ2v) is 4.89. The number of allylic oxidation sites excluding steroid dienone is 1. The maximum atomic E-state index is 12.5. The van der Waals surface area contributed by atoms with E-state index in [1.807, 2.05) is 0 Å². The van der Waals surface area contributed by atoms with Crippen LogP contribution in [-0.4, -0.2) is 16.5 Å².